The highest BCUT2D eigenvalue weighted by Crippen LogP contribution is 2.21. The fourth-order valence-corrected chi connectivity index (χ4v) is 0.724. The molecular formula is C7H16O2. The Morgan fingerprint density at radius 3 is 1.44 bits per heavy atom. The van der Waals surface area contributed by atoms with E-state index in [1.807, 2.05) is 20.8 Å². The van der Waals surface area contributed by atoms with Crippen LogP contribution in [0.15, 0.2) is 0 Å². The second-order valence-corrected chi connectivity index (χ2v) is 3.55. The smallest absolute Gasteiger partial charge is 0.0844 e. The third-order valence-corrected chi connectivity index (χ3v) is 1.34. The molecular weight excluding hydrogens is 116 g/mol. The van der Waals surface area contributed by atoms with Gasteiger partial charge in [-0.2, -0.15) is 0 Å². The molecule has 0 aromatic heterocycles. The molecule has 0 amide bonds. The molecule has 0 unspecified atom stereocenters. The lowest BCUT2D eigenvalue weighted by atomic mass is 9.86. The third kappa shape index (κ3) is 2.82. The highest BCUT2D eigenvalue weighted by atomic mass is 16.3. The minimum atomic E-state index is -0.634. The molecule has 0 aliphatic rings. The summed E-state index contributed by atoms with van der Waals surface area (Å²) in [5.74, 6) is 0. The van der Waals surface area contributed by atoms with E-state index in [0.717, 1.165) is 0 Å². The van der Waals surface area contributed by atoms with E-state index in [1.54, 1.807) is 6.92 Å². The van der Waals surface area contributed by atoms with Gasteiger partial charge >= 0.3 is 0 Å². The lowest BCUT2D eigenvalue weighted by Gasteiger charge is -2.27. The van der Waals surface area contributed by atoms with Gasteiger partial charge in [0.05, 0.1) is 12.2 Å². The summed E-state index contributed by atoms with van der Waals surface area (Å²) < 4.78 is 0. The van der Waals surface area contributed by atoms with E-state index >= 15 is 0 Å². The maximum absolute atomic E-state index is 9.21. The van der Waals surface area contributed by atoms with Crippen molar-refractivity contribution in [3.8, 4) is 0 Å². The van der Waals surface area contributed by atoms with Crippen LogP contribution < -0.4 is 0 Å². The maximum atomic E-state index is 9.21. The zero-order valence-electron chi connectivity index (χ0n) is 6.55. The molecule has 0 spiro atoms. The molecule has 2 N–H and O–H groups in total. The zero-order chi connectivity index (χ0) is 7.65. The van der Waals surface area contributed by atoms with Gasteiger partial charge in [-0.25, -0.2) is 0 Å². The average Bonchev–Trinajstić information content (AvgIpc) is 1.62. The molecule has 0 aromatic carbocycles. The normalized spacial score (nSPS) is 19.3. The Labute approximate surface area is 56.5 Å². The van der Waals surface area contributed by atoms with Crippen LogP contribution in [0.2, 0.25) is 0 Å². The van der Waals surface area contributed by atoms with E-state index in [0.29, 0.717) is 0 Å². The van der Waals surface area contributed by atoms with Gasteiger partial charge in [0, 0.05) is 0 Å². The Kier molecular flexibility index (Phi) is 2.65. The molecule has 0 bridgehead atoms. The molecule has 0 saturated heterocycles. The van der Waals surface area contributed by atoms with E-state index in [4.69, 9.17) is 5.11 Å². The van der Waals surface area contributed by atoms with Crippen molar-refractivity contribution in [1.82, 2.24) is 0 Å². The monoisotopic (exact) mass is 132 g/mol. The minimum absolute atomic E-state index is 0.214. The molecule has 2 atom stereocenters. The van der Waals surface area contributed by atoms with E-state index < -0.39 is 12.2 Å². The summed E-state index contributed by atoms with van der Waals surface area (Å²) in [7, 11) is 0. The summed E-state index contributed by atoms with van der Waals surface area (Å²) >= 11 is 0. The minimum Gasteiger partial charge on any atom is -0.391 e. The Bertz CT molecular complexity index is 81.4. The summed E-state index contributed by atoms with van der Waals surface area (Å²) in [6, 6.07) is 0. The van der Waals surface area contributed by atoms with Crippen molar-refractivity contribution in [2.75, 3.05) is 0 Å². The topological polar surface area (TPSA) is 40.5 Å². The first-order valence-corrected chi connectivity index (χ1v) is 3.22. The third-order valence-electron chi connectivity index (χ3n) is 1.34. The number of rotatable bonds is 1. The Balaban J connectivity index is 3.88. The summed E-state index contributed by atoms with van der Waals surface area (Å²) in [5.41, 5.74) is -0.214. The van der Waals surface area contributed by atoms with Gasteiger partial charge < -0.3 is 10.2 Å². The number of aliphatic hydroxyl groups is 2. The van der Waals surface area contributed by atoms with Gasteiger partial charge in [0.25, 0.3) is 0 Å². The lowest BCUT2D eigenvalue weighted by Crippen LogP contribution is -2.35. The van der Waals surface area contributed by atoms with Crippen LogP contribution in [-0.4, -0.2) is 22.4 Å². The fourth-order valence-electron chi connectivity index (χ4n) is 0.724. The van der Waals surface area contributed by atoms with Gasteiger partial charge in [-0.1, -0.05) is 20.8 Å². The van der Waals surface area contributed by atoms with E-state index in [2.05, 4.69) is 0 Å². The molecule has 0 heterocycles. The van der Waals surface area contributed by atoms with Crippen molar-refractivity contribution in [3.05, 3.63) is 0 Å². The number of hydrogen-bond donors (Lipinski definition) is 2. The highest BCUT2D eigenvalue weighted by Gasteiger charge is 2.25. The van der Waals surface area contributed by atoms with E-state index in [1.165, 1.54) is 0 Å². The van der Waals surface area contributed by atoms with Crippen LogP contribution in [-0.2, 0) is 0 Å². The van der Waals surface area contributed by atoms with Crippen molar-refractivity contribution in [2.45, 2.75) is 39.9 Å². The average molecular weight is 132 g/mol. The first-order valence-electron chi connectivity index (χ1n) is 3.22. The summed E-state index contributed by atoms with van der Waals surface area (Å²) in [6.07, 6.45) is -1.26. The quantitative estimate of drug-likeness (QED) is 0.553. The first kappa shape index (κ1) is 8.92. The number of hydrogen-bond acceptors (Lipinski definition) is 2. The molecule has 9 heavy (non-hydrogen) atoms. The van der Waals surface area contributed by atoms with Gasteiger partial charge in [0.15, 0.2) is 0 Å². The molecule has 0 radical (unpaired) electrons. The van der Waals surface area contributed by atoms with Gasteiger partial charge in [0.2, 0.25) is 0 Å². The van der Waals surface area contributed by atoms with Gasteiger partial charge in [-0.3, -0.25) is 0 Å². The van der Waals surface area contributed by atoms with Crippen molar-refractivity contribution in [1.29, 1.82) is 0 Å². The summed E-state index contributed by atoms with van der Waals surface area (Å²) in [4.78, 5) is 0. The summed E-state index contributed by atoms with van der Waals surface area (Å²) in [5, 5.41) is 18.1. The van der Waals surface area contributed by atoms with Crippen LogP contribution in [0.5, 0.6) is 0 Å². The largest absolute Gasteiger partial charge is 0.391 e. The second kappa shape index (κ2) is 2.67. The Morgan fingerprint density at radius 1 is 1.11 bits per heavy atom. The van der Waals surface area contributed by atoms with Crippen LogP contribution in [0.3, 0.4) is 0 Å². The van der Waals surface area contributed by atoms with Crippen molar-refractivity contribution >= 4 is 0 Å². The predicted octanol–water partition coefficient (Wildman–Crippen LogP) is 0.774. The van der Waals surface area contributed by atoms with Gasteiger partial charge in [-0.15, -0.1) is 0 Å². The predicted molar refractivity (Wildman–Crippen MR) is 37.1 cm³/mol. The second-order valence-electron chi connectivity index (χ2n) is 3.55. The molecule has 0 aromatic rings. The fraction of sp³-hybridized carbons (Fsp3) is 1.00. The van der Waals surface area contributed by atoms with Gasteiger partial charge in [-0.05, 0) is 12.3 Å². The molecule has 0 rings (SSSR count). The van der Waals surface area contributed by atoms with Crippen LogP contribution in [0.4, 0.5) is 0 Å². The van der Waals surface area contributed by atoms with Crippen LogP contribution >= 0.6 is 0 Å². The van der Waals surface area contributed by atoms with Crippen molar-refractivity contribution < 1.29 is 10.2 Å². The molecule has 0 saturated carbocycles. The van der Waals surface area contributed by atoms with E-state index in [-0.39, 0.29) is 5.41 Å². The maximum Gasteiger partial charge on any atom is 0.0844 e. The van der Waals surface area contributed by atoms with Crippen molar-refractivity contribution in [2.24, 2.45) is 5.41 Å². The van der Waals surface area contributed by atoms with Gasteiger partial charge in [0.1, 0.15) is 0 Å². The molecule has 0 aliphatic carbocycles. The zero-order valence-corrected chi connectivity index (χ0v) is 6.55. The molecule has 2 heteroatoms. The SMILES string of the molecule is C[C@H](O)[C@@H](O)C(C)(C)C. The van der Waals surface area contributed by atoms with Crippen molar-refractivity contribution in [3.63, 3.8) is 0 Å². The highest BCUT2D eigenvalue weighted by molar-refractivity contribution is 4.76. The van der Waals surface area contributed by atoms with Crippen LogP contribution in [0.1, 0.15) is 27.7 Å². The Morgan fingerprint density at radius 2 is 1.44 bits per heavy atom. The van der Waals surface area contributed by atoms with Crippen LogP contribution in [0, 0.1) is 5.41 Å². The number of aliphatic hydroxyl groups excluding tert-OH is 2. The molecule has 2 nitrogen and oxygen atoms in total. The molecule has 0 fully saturated rings. The Hall–Kier alpha value is -0.0800. The van der Waals surface area contributed by atoms with Crippen LogP contribution in [0.25, 0.3) is 0 Å². The van der Waals surface area contributed by atoms with E-state index in [9.17, 15) is 5.11 Å². The molecule has 56 valence electrons. The lowest BCUT2D eigenvalue weighted by molar-refractivity contribution is -0.0350. The summed E-state index contributed by atoms with van der Waals surface area (Å²) in [6.45, 7) is 7.27. The molecule has 0 aliphatic heterocycles. The standard InChI is InChI=1S/C7H16O2/c1-5(8)6(9)7(2,3)4/h5-6,8-9H,1-4H3/t5-,6+/m0/s1. The first-order chi connectivity index (χ1) is 3.85.